The van der Waals surface area contributed by atoms with E-state index in [0.29, 0.717) is 31.1 Å². The first-order valence-corrected chi connectivity index (χ1v) is 8.40. The molecule has 1 aromatic heterocycles. The van der Waals surface area contributed by atoms with E-state index in [1.54, 1.807) is 11.1 Å². The molecule has 1 unspecified atom stereocenters. The molecule has 2 aliphatic rings. The largest absolute Gasteiger partial charge is 0.348 e. The van der Waals surface area contributed by atoms with Gasteiger partial charge in [-0.15, -0.1) is 0 Å². The average molecular weight is 326 g/mol. The van der Waals surface area contributed by atoms with Crippen LogP contribution in [0.1, 0.15) is 54.2 Å². The van der Waals surface area contributed by atoms with Crippen LogP contribution in [0.3, 0.4) is 0 Å². The molecule has 1 atom stereocenters. The zero-order chi connectivity index (χ0) is 16.4. The SMILES string of the molecule is Cc1c(C(=O)NC2CCN(CC(F)F)C2)cnn1C1CCCC1. The maximum atomic E-state index is 12.4. The predicted molar refractivity (Wildman–Crippen MR) is 82.8 cm³/mol. The lowest BCUT2D eigenvalue weighted by Gasteiger charge is -2.16. The smallest absolute Gasteiger partial charge is 0.255 e. The van der Waals surface area contributed by atoms with Crippen molar-refractivity contribution in [1.29, 1.82) is 0 Å². The molecule has 0 radical (unpaired) electrons. The lowest BCUT2D eigenvalue weighted by Crippen LogP contribution is -2.38. The number of nitrogens with one attached hydrogen (secondary N) is 1. The van der Waals surface area contributed by atoms with E-state index in [0.717, 1.165) is 18.5 Å². The van der Waals surface area contributed by atoms with E-state index in [9.17, 15) is 13.6 Å². The van der Waals surface area contributed by atoms with E-state index in [2.05, 4.69) is 10.4 Å². The molecule has 3 rings (SSSR count). The second kappa shape index (κ2) is 6.95. The van der Waals surface area contributed by atoms with Crippen LogP contribution in [-0.4, -0.2) is 52.7 Å². The highest BCUT2D eigenvalue weighted by atomic mass is 19.3. The van der Waals surface area contributed by atoms with E-state index < -0.39 is 6.43 Å². The number of aromatic nitrogens is 2. The monoisotopic (exact) mass is 326 g/mol. The number of carbonyl (C=O) groups excluding carboxylic acids is 1. The lowest BCUT2D eigenvalue weighted by molar-refractivity contribution is 0.0917. The molecular formula is C16H24F2N4O. The summed E-state index contributed by atoms with van der Waals surface area (Å²) in [6.45, 7) is 2.81. The van der Waals surface area contributed by atoms with E-state index in [1.165, 1.54) is 12.8 Å². The van der Waals surface area contributed by atoms with Crippen LogP contribution in [0, 0.1) is 6.92 Å². The number of halogens is 2. The molecule has 0 spiro atoms. The van der Waals surface area contributed by atoms with Crippen molar-refractivity contribution in [1.82, 2.24) is 20.0 Å². The van der Waals surface area contributed by atoms with Crippen molar-refractivity contribution in [3.8, 4) is 0 Å². The molecule has 1 saturated carbocycles. The molecule has 7 heteroatoms. The number of alkyl halides is 2. The first kappa shape index (κ1) is 16.4. The summed E-state index contributed by atoms with van der Waals surface area (Å²) in [7, 11) is 0. The molecule has 1 amide bonds. The van der Waals surface area contributed by atoms with Gasteiger partial charge in [-0.1, -0.05) is 12.8 Å². The first-order valence-electron chi connectivity index (χ1n) is 8.40. The third-order valence-corrected chi connectivity index (χ3v) is 4.96. The van der Waals surface area contributed by atoms with Crippen molar-refractivity contribution < 1.29 is 13.6 Å². The fourth-order valence-electron chi connectivity index (χ4n) is 3.74. The molecule has 23 heavy (non-hydrogen) atoms. The molecule has 128 valence electrons. The standard InChI is InChI=1S/C16H24F2N4O/c1-11-14(8-19-22(11)13-4-2-3-5-13)16(23)20-12-6-7-21(9-12)10-15(17)18/h8,12-13,15H,2-7,9-10H2,1H3,(H,20,23). The average Bonchev–Trinajstić information content (AvgIpc) is 3.19. The summed E-state index contributed by atoms with van der Waals surface area (Å²) >= 11 is 0. The van der Waals surface area contributed by atoms with Gasteiger partial charge >= 0.3 is 0 Å². The Morgan fingerprint density at radius 1 is 1.39 bits per heavy atom. The van der Waals surface area contributed by atoms with Gasteiger partial charge < -0.3 is 5.32 Å². The molecule has 1 saturated heterocycles. The Labute approximate surface area is 135 Å². The highest BCUT2D eigenvalue weighted by Crippen LogP contribution is 2.30. The molecule has 2 heterocycles. The Morgan fingerprint density at radius 3 is 2.83 bits per heavy atom. The first-order chi connectivity index (χ1) is 11.0. The second-order valence-corrected chi connectivity index (χ2v) is 6.64. The summed E-state index contributed by atoms with van der Waals surface area (Å²) in [5.41, 5.74) is 1.50. The maximum absolute atomic E-state index is 12.4. The van der Waals surface area contributed by atoms with Gasteiger partial charge in [0.1, 0.15) is 0 Å². The van der Waals surface area contributed by atoms with Gasteiger partial charge in [0.15, 0.2) is 0 Å². The fraction of sp³-hybridized carbons (Fsp3) is 0.750. The van der Waals surface area contributed by atoms with E-state index in [-0.39, 0.29) is 18.5 Å². The highest BCUT2D eigenvalue weighted by Gasteiger charge is 2.28. The molecule has 5 nitrogen and oxygen atoms in total. The molecule has 1 N–H and O–H groups in total. The van der Waals surface area contributed by atoms with Gasteiger partial charge in [-0.3, -0.25) is 14.4 Å². The molecule has 1 aliphatic carbocycles. The quantitative estimate of drug-likeness (QED) is 0.904. The van der Waals surface area contributed by atoms with Gasteiger partial charge in [0.2, 0.25) is 0 Å². The molecule has 0 aromatic carbocycles. The van der Waals surface area contributed by atoms with Crippen LogP contribution in [0.25, 0.3) is 0 Å². The minimum Gasteiger partial charge on any atom is -0.348 e. The summed E-state index contributed by atoms with van der Waals surface area (Å²) < 4.78 is 26.8. The van der Waals surface area contributed by atoms with Crippen LogP contribution < -0.4 is 5.32 Å². The van der Waals surface area contributed by atoms with E-state index in [4.69, 9.17) is 0 Å². The van der Waals surface area contributed by atoms with Gasteiger partial charge in [-0.25, -0.2) is 8.78 Å². The molecular weight excluding hydrogens is 302 g/mol. The van der Waals surface area contributed by atoms with Crippen molar-refractivity contribution in [3.05, 3.63) is 17.5 Å². The Balaban J connectivity index is 1.59. The minimum atomic E-state index is -2.32. The van der Waals surface area contributed by atoms with Crippen molar-refractivity contribution in [2.24, 2.45) is 0 Å². The number of carbonyl (C=O) groups is 1. The van der Waals surface area contributed by atoms with E-state index in [1.807, 2.05) is 11.6 Å². The third-order valence-electron chi connectivity index (χ3n) is 4.96. The van der Waals surface area contributed by atoms with Crippen molar-refractivity contribution in [2.45, 2.75) is 57.5 Å². The maximum Gasteiger partial charge on any atom is 0.255 e. The number of amides is 1. The van der Waals surface area contributed by atoms with Crippen LogP contribution in [0.4, 0.5) is 8.78 Å². The van der Waals surface area contributed by atoms with Crippen LogP contribution >= 0.6 is 0 Å². The van der Waals surface area contributed by atoms with Gasteiger partial charge in [-0.2, -0.15) is 5.10 Å². The summed E-state index contributed by atoms with van der Waals surface area (Å²) in [6.07, 6.45) is 4.70. The van der Waals surface area contributed by atoms with Gasteiger partial charge in [-0.05, 0) is 26.2 Å². The Bertz CT molecular complexity index is 554. The zero-order valence-electron chi connectivity index (χ0n) is 13.5. The Hall–Kier alpha value is -1.50. The van der Waals surface area contributed by atoms with Crippen LogP contribution in [0.5, 0.6) is 0 Å². The topological polar surface area (TPSA) is 50.2 Å². The summed E-state index contributed by atoms with van der Waals surface area (Å²) in [6, 6.07) is 0.347. The summed E-state index contributed by atoms with van der Waals surface area (Å²) in [5, 5.41) is 7.36. The molecule has 0 bridgehead atoms. The molecule has 2 fully saturated rings. The van der Waals surface area contributed by atoms with Gasteiger partial charge in [0.05, 0.1) is 24.3 Å². The van der Waals surface area contributed by atoms with Gasteiger partial charge in [0, 0.05) is 24.8 Å². The normalized spacial score (nSPS) is 23.0. The van der Waals surface area contributed by atoms with E-state index >= 15 is 0 Å². The Morgan fingerprint density at radius 2 is 2.13 bits per heavy atom. The van der Waals surface area contributed by atoms with Crippen molar-refractivity contribution >= 4 is 5.91 Å². The number of hydrogen-bond acceptors (Lipinski definition) is 3. The summed E-state index contributed by atoms with van der Waals surface area (Å²) in [5.74, 6) is -0.143. The fourth-order valence-corrected chi connectivity index (χ4v) is 3.74. The lowest BCUT2D eigenvalue weighted by atomic mass is 10.2. The molecule has 1 aromatic rings. The number of likely N-dealkylation sites (tertiary alicyclic amines) is 1. The van der Waals surface area contributed by atoms with Crippen LogP contribution in [0.2, 0.25) is 0 Å². The minimum absolute atomic E-state index is 0.0597. The zero-order valence-corrected chi connectivity index (χ0v) is 13.5. The van der Waals surface area contributed by atoms with Crippen LogP contribution in [-0.2, 0) is 0 Å². The number of hydrogen-bond donors (Lipinski definition) is 1. The molecule has 1 aliphatic heterocycles. The number of nitrogens with zero attached hydrogens (tertiary/aromatic N) is 3. The predicted octanol–water partition coefficient (Wildman–Crippen LogP) is 2.38. The highest BCUT2D eigenvalue weighted by molar-refractivity contribution is 5.95. The van der Waals surface area contributed by atoms with Crippen molar-refractivity contribution in [3.63, 3.8) is 0 Å². The summed E-state index contributed by atoms with van der Waals surface area (Å²) in [4.78, 5) is 14.1. The number of rotatable bonds is 5. The third kappa shape index (κ3) is 3.71. The van der Waals surface area contributed by atoms with Gasteiger partial charge in [0.25, 0.3) is 12.3 Å². The second-order valence-electron chi connectivity index (χ2n) is 6.64. The van der Waals surface area contributed by atoms with Crippen molar-refractivity contribution in [2.75, 3.05) is 19.6 Å². The van der Waals surface area contributed by atoms with Crippen LogP contribution in [0.15, 0.2) is 6.20 Å². The Kier molecular flexibility index (Phi) is 4.94.